The molecule has 1 N–H and O–H groups in total. The van der Waals surface area contributed by atoms with E-state index < -0.39 is 0 Å². The van der Waals surface area contributed by atoms with Crippen molar-refractivity contribution in [1.29, 1.82) is 5.26 Å². The molecule has 2 aliphatic rings. The molecular weight excluding hydrogens is 414 g/mol. The molecular formula is C27H33N3O3. The predicted molar refractivity (Wildman–Crippen MR) is 127 cm³/mol. The number of alkyl carbamates (subject to hydrolysis) is 1. The van der Waals surface area contributed by atoms with Crippen LogP contribution in [-0.2, 0) is 17.8 Å². The molecule has 0 aliphatic heterocycles. The number of hydrogen-bond donors (Lipinski definition) is 1. The maximum Gasteiger partial charge on any atom is 0.407 e. The van der Waals surface area contributed by atoms with Crippen molar-refractivity contribution < 1.29 is 14.3 Å². The molecule has 2 saturated carbocycles. The van der Waals surface area contributed by atoms with Crippen molar-refractivity contribution in [2.24, 2.45) is 5.41 Å². The van der Waals surface area contributed by atoms with Gasteiger partial charge in [-0.25, -0.2) is 4.79 Å². The highest BCUT2D eigenvalue weighted by atomic mass is 16.5. The molecule has 4 rings (SSSR count). The van der Waals surface area contributed by atoms with Crippen LogP contribution in [0.15, 0.2) is 48.5 Å². The van der Waals surface area contributed by atoms with E-state index in [0.29, 0.717) is 11.3 Å². The van der Waals surface area contributed by atoms with E-state index in [1.165, 1.54) is 5.56 Å². The molecule has 0 radical (unpaired) electrons. The van der Waals surface area contributed by atoms with Gasteiger partial charge in [-0.2, -0.15) is 5.26 Å². The second kappa shape index (κ2) is 10.3. The minimum atomic E-state index is -0.351. The Kier molecular flexibility index (Phi) is 7.20. The number of rotatable bonds is 9. The zero-order valence-electron chi connectivity index (χ0n) is 19.5. The minimum Gasteiger partial charge on any atom is -0.489 e. The summed E-state index contributed by atoms with van der Waals surface area (Å²) < 4.78 is 11.6. The van der Waals surface area contributed by atoms with Crippen molar-refractivity contribution in [1.82, 2.24) is 10.2 Å². The van der Waals surface area contributed by atoms with Gasteiger partial charge in [-0.3, -0.25) is 0 Å². The van der Waals surface area contributed by atoms with Crippen LogP contribution in [0.5, 0.6) is 5.75 Å². The Bertz CT molecular complexity index is 985. The highest BCUT2D eigenvalue weighted by molar-refractivity contribution is 5.67. The Balaban J connectivity index is 1.19. The average Bonchev–Trinajstić information content (AvgIpc) is 2.75. The van der Waals surface area contributed by atoms with Crippen molar-refractivity contribution >= 4 is 6.09 Å². The normalized spacial score (nSPS) is 23.3. The molecule has 0 atom stereocenters. The number of nitrogens with one attached hydrogen (secondary N) is 1. The van der Waals surface area contributed by atoms with Crippen molar-refractivity contribution in [3.8, 4) is 11.8 Å². The van der Waals surface area contributed by atoms with Gasteiger partial charge in [0.2, 0.25) is 0 Å². The fourth-order valence-corrected chi connectivity index (χ4v) is 5.03. The van der Waals surface area contributed by atoms with Crippen molar-refractivity contribution in [2.75, 3.05) is 20.6 Å². The molecule has 33 heavy (non-hydrogen) atoms. The number of nitriles is 1. The van der Waals surface area contributed by atoms with Crippen LogP contribution in [0, 0.1) is 16.7 Å². The third-order valence-electron chi connectivity index (χ3n) is 6.75. The van der Waals surface area contributed by atoms with Crippen LogP contribution < -0.4 is 10.1 Å². The molecule has 0 unspecified atom stereocenters. The lowest BCUT2D eigenvalue weighted by molar-refractivity contribution is -0.0844. The number of nitrogens with zero attached hydrogens (tertiary/aromatic N) is 2. The summed E-state index contributed by atoms with van der Waals surface area (Å²) in [6, 6.07) is 18.1. The fraction of sp³-hybridized carbons (Fsp3) is 0.481. The van der Waals surface area contributed by atoms with E-state index in [-0.39, 0.29) is 30.3 Å². The van der Waals surface area contributed by atoms with Crippen LogP contribution in [0.4, 0.5) is 4.79 Å². The fourth-order valence-electron chi connectivity index (χ4n) is 5.03. The number of hydrogen-bond acceptors (Lipinski definition) is 5. The van der Waals surface area contributed by atoms with E-state index in [4.69, 9.17) is 9.47 Å². The van der Waals surface area contributed by atoms with Crippen LogP contribution in [0.2, 0.25) is 0 Å². The number of aryl methyl sites for hydroxylation is 1. The van der Waals surface area contributed by atoms with Gasteiger partial charge in [-0.05, 0) is 87.8 Å². The number of amides is 1. The first kappa shape index (κ1) is 23.1. The maximum atomic E-state index is 12.1. The second-order valence-electron chi connectivity index (χ2n) is 9.81. The van der Waals surface area contributed by atoms with E-state index >= 15 is 0 Å². The zero-order chi connectivity index (χ0) is 23.3. The lowest BCUT2D eigenvalue weighted by Gasteiger charge is -2.57. The van der Waals surface area contributed by atoms with Gasteiger partial charge < -0.3 is 19.7 Å². The topological polar surface area (TPSA) is 74.6 Å². The molecule has 0 saturated heterocycles. The van der Waals surface area contributed by atoms with Gasteiger partial charge in [0.25, 0.3) is 0 Å². The maximum absolute atomic E-state index is 12.1. The van der Waals surface area contributed by atoms with Crippen LogP contribution in [-0.4, -0.2) is 43.8 Å². The van der Waals surface area contributed by atoms with Crippen LogP contribution >= 0.6 is 0 Å². The zero-order valence-corrected chi connectivity index (χ0v) is 19.5. The van der Waals surface area contributed by atoms with Gasteiger partial charge >= 0.3 is 6.09 Å². The first-order valence-corrected chi connectivity index (χ1v) is 11.8. The van der Waals surface area contributed by atoms with E-state index in [1.807, 2.05) is 48.5 Å². The molecule has 2 aromatic carbocycles. The van der Waals surface area contributed by atoms with Gasteiger partial charge in [0, 0.05) is 6.04 Å². The van der Waals surface area contributed by atoms with Crippen LogP contribution in [0.25, 0.3) is 0 Å². The Morgan fingerprint density at radius 2 is 1.88 bits per heavy atom. The molecule has 6 nitrogen and oxygen atoms in total. The highest BCUT2D eigenvalue weighted by Gasteiger charge is 2.54. The summed E-state index contributed by atoms with van der Waals surface area (Å²) in [6.45, 7) is 1.33. The minimum absolute atomic E-state index is 0.139. The lowest BCUT2D eigenvalue weighted by Crippen LogP contribution is -2.58. The van der Waals surface area contributed by atoms with Crippen molar-refractivity contribution in [3.63, 3.8) is 0 Å². The molecule has 0 aromatic heterocycles. The van der Waals surface area contributed by atoms with Crippen LogP contribution in [0.3, 0.4) is 0 Å². The second-order valence-corrected chi connectivity index (χ2v) is 9.81. The molecule has 2 aliphatic carbocycles. The first-order valence-electron chi connectivity index (χ1n) is 11.8. The molecule has 2 fully saturated rings. The number of ether oxygens (including phenoxy) is 2. The largest absolute Gasteiger partial charge is 0.489 e. The smallest absolute Gasteiger partial charge is 0.407 e. The van der Waals surface area contributed by atoms with E-state index in [9.17, 15) is 10.1 Å². The molecule has 6 heteroatoms. The Hall–Kier alpha value is -3.04. The van der Waals surface area contributed by atoms with Gasteiger partial charge in [-0.15, -0.1) is 0 Å². The SMILES string of the molecule is CN(C)CCCc1ccc(C#N)c(OC2CC3(CC(NC(=O)OCc4ccccc4)C3)C2)c1. The summed E-state index contributed by atoms with van der Waals surface area (Å²) in [5, 5.41) is 12.4. The predicted octanol–water partition coefficient (Wildman–Crippen LogP) is 4.67. The summed E-state index contributed by atoms with van der Waals surface area (Å²) in [6.07, 6.45) is 5.71. The van der Waals surface area contributed by atoms with Crippen molar-refractivity contribution in [3.05, 3.63) is 65.2 Å². The Morgan fingerprint density at radius 3 is 2.58 bits per heavy atom. The number of carbonyl (C=O) groups is 1. The Labute approximate surface area is 196 Å². The molecule has 1 spiro atoms. The van der Waals surface area contributed by atoms with Gasteiger partial charge in [0.15, 0.2) is 0 Å². The molecule has 1 amide bonds. The summed E-state index contributed by atoms with van der Waals surface area (Å²) >= 11 is 0. The average molecular weight is 448 g/mol. The van der Waals surface area contributed by atoms with Gasteiger partial charge in [0.1, 0.15) is 18.4 Å². The third kappa shape index (κ3) is 6.06. The molecule has 0 heterocycles. The lowest BCUT2D eigenvalue weighted by atomic mass is 9.53. The van der Waals surface area contributed by atoms with Gasteiger partial charge in [-0.1, -0.05) is 36.4 Å². The van der Waals surface area contributed by atoms with E-state index in [2.05, 4.69) is 30.4 Å². The number of carbonyl (C=O) groups excluding carboxylic acids is 1. The highest BCUT2D eigenvalue weighted by Crippen LogP contribution is 2.56. The van der Waals surface area contributed by atoms with E-state index in [0.717, 1.165) is 50.6 Å². The summed E-state index contributed by atoms with van der Waals surface area (Å²) in [5.74, 6) is 0.707. The third-order valence-corrected chi connectivity index (χ3v) is 6.75. The van der Waals surface area contributed by atoms with Crippen molar-refractivity contribution in [2.45, 2.75) is 57.3 Å². The monoisotopic (exact) mass is 447 g/mol. The number of benzene rings is 2. The summed E-state index contributed by atoms with van der Waals surface area (Å²) in [7, 11) is 4.15. The summed E-state index contributed by atoms with van der Waals surface area (Å²) in [5.41, 5.74) is 3.05. The molecule has 2 aromatic rings. The van der Waals surface area contributed by atoms with Crippen LogP contribution in [0.1, 0.15) is 48.8 Å². The molecule has 174 valence electrons. The first-order chi connectivity index (χ1) is 15.9. The standard InChI is InChI=1S/C27H33N3O3/c1-30(2)12-6-9-20-10-11-22(18-28)25(13-20)33-24-16-27(17-24)14-23(15-27)29-26(31)32-19-21-7-4-3-5-8-21/h3-5,7-8,10-11,13,23-24H,6,9,12,14-17,19H2,1-2H3,(H,29,31). The quantitative estimate of drug-likeness (QED) is 0.605. The summed E-state index contributed by atoms with van der Waals surface area (Å²) in [4.78, 5) is 14.2. The Morgan fingerprint density at radius 1 is 1.12 bits per heavy atom. The van der Waals surface area contributed by atoms with Gasteiger partial charge in [0.05, 0.1) is 11.7 Å². The molecule has 0 bridgehead atoms. The van der Waals surface area contributed by atoms with E-state index in [1.54, 1.807) is 0 Å².